The molecule has 2 heterocycles. The van der Waals surface area contributed by atoms with E-state index in [0.29, 0.717) is 67.3 Å². The summed E-state index contributed by atoms with van der Waals surface area (Å²) in [7, 11) is -10.9. The zero-order valence-corrected chi connectivity index (χ0v) is 40.0. The molecule has 0 radical (unpaired) electrons. The van der Waals surface area contributed by atoms with E-state index in [1.165, 1.54) is 68.8 Å². The van der Waals surface area contributed by atoms with Gasteiger partial charge >= 0.3 is 5.51 Å². The molecule has 4 aliphatic carbocycles. The molecule has 354 valence electrons. The molecule has 9 rings (SSSR count). The Kier molecular flexibility index (Phi) is 13.9. The van der Waals surface area contributed by atoms with Crippen LogP contribution in [0.25, 0.3) is 0 Å². The smallest absolute Gasteiger partial charge is 0.380 e. The zero-order chi connectivity index (χ0) is 46.3. The maximum absolute atomic E-state index is 14.2. The number of anilines is 2. The van der Waals surface area contributed by atoms with E-state index in [-0.39, 0.29) is 11.3 Å². The monoisotopic (exact) mass is 957 g/mol. The SMILES string of the molecule is CCC12CC(C3=C(CN4CCN(c5ccc(C(=O)NS(=O)(=O)c6ccc(NC(CCN7CCOCC7)CSc7ccccc7)c(S(=O)(=O)C(F)(F)F)c6)cc5)CC4)CCC(C)(C)C3)(C1)C2. The van der Waals surface area contributed by atoms with Crippen molar-refractivity contribution in [2.45, 2.75) is 98.4 Å². The second kappa shape index (κ2) is 18.8. The van der Waals surface area contributed by atoms with Crippen LogP contribution in [0.5, 0.6) is 0 Å². The van der Waals surface area contributed by atoms with Gasteiger partial charge in [0.1, 0.15) is 4.90 Å². The summed E-state index contributed by atoms with van der Waals surface area (Å²) < 4.78 is 103. The van der Waals surface area contributed by atoms with Crippen molar-refractivity contribution >= 4 is 48.9 Å². The molecule has 6 aliphatic rings. The van der Waals surface area contributed by atoms with Crippen LogP contribution in [0, 0.1) is 16.2 Å². The van der Waals surface area contributed by atoms with Crippen LogP contribution in [-0.4, -0.2) is 115 Å². The fraction of sp³-hybridized carbons (Fsp3) is 0.562. The molecule has 5 fully saturated rings. The number of carbonyl (C=O) groups excluding carboxylic acids is 1. The fourth-order valence-electron chi connectivity index (χ4n) is 10.7. The average Bonchev–Trinajstić information content (AvgIpc) is 3.25. The number of piperazine rings is 1. The van der Waals surface area contributed by atoms with Gasteiger partial charge in [-0.1, -0.05) is 56.5 Å². The molecule has 1 amide bonds. The summed E-state index contributed by atoms with van der Waals surface area (Å²) in [6.45, 7) is 14.6. The number of amides is 1. The highest BCUT2D eigenvalue weighted by atomic mass is 32.2. The lowest BCUT2D eigenvalue weighted by Crippen LogP contribution is -2.63. The number of benzene rings is 3. The number of sulfone groups is 1. The van der Waals surface area contributed by atoms with Gasteiger partial charge in [0, 0.05) is 80.3 Å². The van der Waals surface area contributed by atoms with Gasteiger partial charge in [-0.15, -0.1) is 11.8 Å². The highest BCUT2D eigenvalue weighted by molar-refractivity contribution is 7.99. The van der Waals surface area contributed by atoms with Crippen molar-refractivity contribution in [2.75, 3.05) is 81.5 Å². The van der Waals surface area contributed by atoms with Crippen LogP contribution in [0.3, 0.4) is 0 Å². The van der Waals surface area contributed by atoms with Crippen molar-refractivity contribution in [3.63, 3.8) is 0 Å². The van der Waals surface area contributed by atoms with E-state index in [0.717, 1.165) is 55.4 Å². The summed E-state index contributed by atoms with van der Waals surface area (Å²) in [5, 5.41) is 3.00. The largest absolute Gasteiger partial charge is 0.501 e. The molecule has 2 saturated heterocycles. The number of morpholine rings is 1. The van der Waals surface area contributed by atoms with Gasteiger partial charge < -0.3 is 15.0 Å². The van der Waals surface area contributed by atoms with E-state index < -0.39 is 47.1 Å². The van der Waals surface area contributed by atoms with Gasteiger partial charge in [0.25, 0.3) is 25.8 Å². The summed E-state index contributed by atoms with van der Waals surface area (Å²) in [6.07, 6.45) is 9.44. The van der Waals surface area contributed by atoms with E-state index in [9.17, 15) is 34.8 Å². The summed E-state index contributed by atoms with van der Waals surface area (Å²) in [4.78, 5) is 19.2. The molecular formula is C48H62F3N5O6S3. The molecule has 11 nitrogen and oxygen atoms in total. The molecule has 2 N–H and O–H groups in total. The van der Waals surface area contributed by atoms with E-state index in [4.69, 9.17) is 4.74 Å². The first-order valence-electron chi connectivity index (χ1n) is 22.9. The fourth-order valence-corrected chi connectivity index (χ4v) is 13.7. The van der Waals surface area contributed by atoms with E-state index in [2.05, 4.69) is 40.8 Å². The lowest BCUT2D eigenvalue weighted by molar-refractivity contribution is -0.182. The molecule has 0 spiro atoms. The third-order valence-corrected chi connectivity index (χ3v) is 18.6. The van der Waals surface area contributed by atoms with Gasteiger partial charge in [-0.3, -0.25) is 14.6 Å². The Morgan fingerprint density at radius 3 is 2.20 bits per heavy atom. The van der Waals surface area contributed by atoms with Crippen LogP contribution in [0.1, 0.15) is 82.5 Å². The van der Waals surface area contributed by atoms with E-state index >= 15 is 0 Å². The number of allylic oxidation sites excluding steroid dienone is 1. The van der Waals surface area contributed by atoms with Gasteiger partial charge in [-0.05, 0) is 116 Å². The van der Waals surface area contributed by atoms with E-state index in [1.54, 1.807) is 23.3 Å². The Morgan fingerprint density at radius 1 is 0.877 bits per heavy atom. The van der Waals surface area contributed by atoms with Gasteiger partial charge in [0.15, 0.2) is 0 Å². The Balaban J connectivity index is 0.919. The lowest BCUT2D eigenvalue weighted by Gasteiger charge is -2.73. The standard InChI is InChI=1S/C48H62F3N5O6S3/c1-4-46-32-47(33-46,34-46)41-29-45(2,3)18-16-36(41)30-55-20-22-56(23-21-55)38-12-10-35(11-13-38)44(57)53-65(60,61)40-14-15-42(43(28-40)64(58,59)48(49,50)51)52-37(17-19-54-24-26-62-27-25-54)31-63-39-8-6-5-7-9-39/h5-15,28,37,52H,4,16-27,29-34H2,1-3H3,(H,53,57). The first-order valence-corrected chi connectivity index (χ1v) is 26.8. The predicted molar refractivity (Wildman–Crippen MR) is 250 cm³/mol. The molecule has 3 aromatic carbocycles. The maximum atomic E-state index is 14.2. The van der Waals surface area contributed by atoms with E-state index in [1.807, 2.05) is 35.1 Å². The maximum Gasteiger partial charge on any atom is 0.501 e. The molecule has 3 aromatic rings. The van der Waals surface area contributed by atoms with Gasteiger partial charge in [0.05, 0.1) is 23.8 Å². The van der Waals surface area contributed by atoms with Crippen molar-refractivity contribution in [1.82, 2.24) is 14.5 Å². The second-order valence-corrected chi connectivity index (χ2v) is 24.3. The quantitative estimate of drug-likeness (QED) is 0.0998. The highest BCUT2D eigenvalue weighted by Crippen LogP contribution is 2.79. The number of carbonyl (C=O) groups is 1. The van der Waals surface area contributed by atoms with Gasteiger partial charge in [-0.2, -0.15) is 13.2 Å². The first-order chi connectivity index (χ1) is 30.8. The van der Waals surface area contributed by atoms with Crippen LogP contribution in [0.4, 0.5) is 24.5 Å². The van der Waals surface area contributed by atoms with Gasteiger partial charge in [-0.25, -0.2) is 21.6 Å². The number of sulfonamides is 1. The van der Waals surface area contributed by atoms with Crippen LogP contribution >= 0.6 is 11.8 Å². The summed E-state index contributed by atoms with van der Waals surface area (Å²) in [6, 6.07) is 17.9. The van der Waals surface area contributed by atoms with Crippen molar-refractivity contribution in [1.29, 1.82) is 0 Å². The zero-order valence-electron chi connectivity index (χ0n) is 37.6. The van der Waals surface area contributed by atoms with Crippen molar-refractivity contribution in [2.24, 2.45) is 16.2 Å². The van der Waals surface area contributed by atoms with Crippen molar-refractivity contribution < 1.29 is 39.5 Å². The molecule has 2 bridgehead atoms. The number of nitrogens with one attached hydrogen (secondary N) is 2. The minimum Gasteiger partial charge on any atom is -0.380 e. The Bertz CT molecular complexity index is 2430. The Hall–Kier alpha value is -3.61. The third kappa shape index (κ3) is 10.6. The Morgan fingerprint density at radius 2 is 1.55 bits per heavy atom. The minimum absolute atomic E-state index is 0.0227. The van der Waals surface area contributed by atoms with Crippen LogP contribution in [0.2, 0.25) is 0 Å². The minimum atomic E-state index is -6.04. The Labute approximate surface area is 386 Å². The van der Waals surface area contributed by atoms with Crippen LogP contribution < -0.4 is 14.9 Å². The molecule has 17 heteroatoms. The third-order valence-electron chi connectivity index (χ3n) is 14.5. The summed E-state index contributed by atoms with van der Waals surface area (Å²) in [5.41, 5.74) is -0.382. The first kappa shape index (κ1) is 47.9. The number of halogens is 3. The average molecular weight is 958 g/mol. The number of alkyl halides is 3. The second-order valence-electron chi connectivity index (χ2n) is 19.6. The number of hydrogen-bond acceptors (Lipinski definition) is 11. The topological polar surface area (TPSA) is 128 Å². The molecule has 3 saturated carbocycles. The number of nitrogens with zero attached hydrogens (tertiary/aromatic N) is 3. The molecule has 1 atom stereocenters. The number of hydrogen-bond donors (Lipinski definition) is 2. The van der Waals surface area contributed by atoms with Crippen molar-refractivity contribution in [3.05, 3.63) is 89.5 Å². The van der Waals surface area contributed by atoms with Crippen LogP contribution in [0.15, 0.2) is 98.6 Å². The lowest BCUT2D eigenvalue weighted by atomic mass is 9.31. The summed E-state index contributed by atoms with van der Waals surface area (Å²) in [5.74, 6) is -0.624. The van der Waals surface area contributed by atoms with Gasteiger partial charge in [0.2, 0.25) is 0 Å². The molecule has 1 unspecified atom stereocenters. The normalized spacial score (nSPS) is 24.5. The van der Waals surface area contributed by atoms with Crippen molar-refractivity contribution in [3.8, 4) is 0 Å². The molecule has 65 heavy (non-hydrogen) atoms. The number of thioether (sulfide) groups is 1. The predicted octanol–water partition coefficient (Wildman–Crippen LogP) is 8.60. The number of rotatable bonds is 17. The highest BCUT2D eigenvalue weighted by Gasteiger charge is 2.68. The van der Waals surface area contributed by atoms with Crippen LogP contribution in [-0.2, 0) is 24.6 Å². The molecule has 0 aromatic heterocycles. The summed E-state index contributed by atoms with van der Waals surface area (Å²) >= 11 is 1.46. The number of ether oxygens (including phenoxy) is 1. The molecular weight excluding hydrogens is 896 g/mol. The molecule has 2 aliphatic heterocycles.